The molecule has 0 saturated heterocycles. The van der Waals surface area contributed by atoms with E-state index in [1.54, 1.807) is 35.7 Å². The minimum Gasteiger partial charge on any atom is -0.349 e. The SMILES string of the molecule is O=C(Nc1ccc(C(=O)NC2CC2)c(Cl)c1)c1csc(-c2cccc(Cl)c2)n1. The van der Waals surface area contributed by atoms with Crippen molar-refractivity contribution in [1.82, 2.24) is 10.3 Å². The van der Waals surface area contributed by atoms with Crippen LogP contribution in [-0.4, -0.2) is 22.8 Å². The molecule has 2 N–H and O–H groups in total. The van der Waals surface area contributed by atoms with Gasteiger partial charge in [0.2, 0.25) is 0 Å². The fourth-order valence-electron chi connectivity index (χ4n) is 2.60. The van der Waals surface area contributed by atoms with E-state index in [1.807, 2.05) is 12.1 Å². The first-order chi connectivity index (χ1) is 13.5. The third kappa shape index (κ3) is 4.35. The Bertz CT molecular complexity index is 1060. The Morgan fingerprint density at radius 1 is 1.07 bits per heavy atom. The zero-order valence-corrected chi connectivity index (χ0v) is 16.9. The average Bonchev–Trinajstić information content (AvgIpc) is 3.32. The monoisotopic (exact) mass is 431 g/mol. The number of hydrogen-bond donors (Lipinski definition) is 2. The Labute approximate surface area is 175 Å². The molecule has 0 atom stereocenters. The summed E-state index contributed by atoms with van der Waals surface area (Å²) < 4.78 is 0. The number of benzene rings is 2. The van der Waals surface area contributed by atoms with Crippen LogP contribution >= 0.6 is 34.5 Å². The van der Waals surface area contributed by atoms with Gasteiger partial charge in [0.15, 0.2) is 0 Å². The quantitative estimate of drug-likeness (QED) is 0.578. The second-order valence-electron chi connectivity index (χ2n) is 6.44. The van der Waals surface area contributed by atoms with Crippen molar-refractivity contribution in [3.8, 4) is 10.6 Å². The molecule has 0 aliphatic heterocycles. The zero-order chi connectivity index (χ0) is 19.7. The van der Waals surface area contributed by atoms with E-state index in [9.17, 15) is 9.59 Å². The van der Waals surface area contributed by atoms with Gasteiger partial charge in [-0.1, -0.05) is 35.3 Å². The molecular weight excluding hydrogens is 417 g/mol. The molecule has 0 spiro atoms. The van der Waals surface area contributed by atoms with Gasteiger partial charge in [0.25, 0.3) is 11.8 Å². The second kappa shape index (κ2) is 7.91. The van der Waals surface area contributed by atoms with Gasteiger partial charge in [0.05, 0.1) is 10.6 Å². The third-order valence-corrected chi connectivity index (χ3v) is 5.63. The van der Waals surface area contributed by atoms with E-state index >= 15 is 0 Å². The summed E-state index contributed by atoms with van der Waals surface area (Å²) in [5.41, 5.74) is 2.04. The van der Waals surface area contributed by atoms with E-state index < -0.39 is 0 Å². The molecule has 8 heteroatoms. The fourth-order valence-corrected chi connectivity index (χ4v) is 3.85. The lowest BCUT2D eigenvalue weighted by Gasteiger charge is -2.08. The van der Waals surface area contributed by atoms with Gasteiger partial charge in [-0.15, -0.1) is 11.3 Å². The molecule has 1 aliphatic rings. The zero-order valence-electron chi connectivity index (χ0n) is 14.5. The van der Waals surface area contributed by atoms with Crippen LogP contribution in [0.2, 0.25) is 10.0 Å². The molecule has 3 aromatic rings. The summed E-state index contributed by atoms with van der Waals surface area (Å²) in [6, 6.07) is 12.4. The largest absolute Gasteiger partial charge is 0.349 e. The molecule has 28 heavy (non-hydrogen) atoms. The molecule has 1 aliphatic carbocycles. The highest BCUT2D eigenvalue weighted by Crippen LogP contribution is 2.27. The Kier molecular flexibility index (Phi) is 5.35. The lowest BCUT2D eigenvalue weighted by Crippen LogP contribution is -2.25. The summed E-state index contributed by atoms with van der Waals surface area (Å²) in [6.45, 7) is 0. The number of anilines is 1. The van der Waals surface area contributed by atoms with E-state index in [2.05, 4.69) is 15.6 Å². The number of aromatic nitrogens is 1. The fraction of sp³-hybridized carbons (Fsp3) is 0.150. The van der Waals surface area contributed by atoms with E-state index in [0.717, 1.165) is 18.4 Å². The molecule has 1 heterocycles. The number of carbonyl (C=O) groups excluding carboxylic acids is 2. The first-order valence-corrected chi connectivity index (χ1v) is 10.3. The second-order valence-corrected chi connectivity index (χ2v) is 8.15. The van der Waals surface area contributed by atoms with E-state index in [1.165, 1.54) is 11.3 Å². The van der Waals surface area contributed by atoms with E-state index in [0.29, 0.717) is 27.0 Å². The van der Waals surface area contributed by atoms with Gasteiger partial charge >= 0.3 is 0 Å². The number of carbonyl (C=O) groups is 2. The number of nitrogens with zero attached hydrogens (tertiary/aromatic N) is 1. The van der Waals surface area contributed by atoms with Gasteiger partial charge in [-0.25, -0.2) is 4.98 Å². The number of halogens is 2. The maximum Gasteiger partial charge on any atom is 0.275 e. The van der Waals surface area contributed by atoms with Crippen molar-refractivity contribution >= 4 is 52.0 Å². The molecule has 1 aromatic heterocycles. The summed E-state index contributed by atoms with van der Waals surface area (Å²) >= 11 is 13.6. The number of rotatable bonds is 5. The van der Waals surface area contributed by atoms with Crippen molar-refractivity contribution in [3.63, 3.8) is 0 Å². The average molecular weight is 432 g/mol. The van der Waals surface area contributed by atoms with Crippen molar-refractivity contribution in [2.24, 2.45) is 0 Å². The summed E-state index contributed by atoms with van der Waals surface area (Å²) in [5.74, 6) is -0.549. The maximum absolute atomic E-state index is 12.5. The predicted molar refractivity (Wildman–Crippen MR) is 112 cm³/mol. The molecule has 1 fully saturated rings. The normalized spacial score (nSPS) is 13.2. The third-order valence-electron chi connectivity index (χ3n) is 4.19. The van der Waals surface area contributed by atoms with Crippen molar-refractivity contribution in [1.29, 1.82) is 0 Å². The van der Waals surface area contributed by atoms with Crippen LogP contribution in [-0.2, 0) is 0 Å². The molecule has 2 aromatic carbocycles. The van der Waals surface area contributed by atoms with Crippen LogP contribution in [0.4, 0.5) is 5.69 Å². The van der Waals surface area contributed by atoms with E-state index in [-0.39, 0.29) is 22.9 Å². The molecule has 5 nitrogen and oxygen atoms in total. The van der Waals surface area contributed by atoms with Crippen LogP contribution < -0.4 is 10.6 Å². The van der Waals surface area contributed by atoms with Crippen molar-refractivity contribution in [2.75, 3.05) is 5.32 Å². The highest BCUT2D eigenvalue weighted by atomic mass is 35.5. The standard InChI is InChI=1S/C20H15Cl2N3O2S/c21-12-3-1-2-11(8-12)20-25-17(10-28-20)19(27)24-14-6-7-15(16(22)9-14)18(26)23-13-4-5-13/h1-3,6-10,13H,4-5H2,(H,23,26)(H,24,27). The smallest absolute Gasteiger partial charge is 0.275 e. The molecule has 2 amide bonds. The first-order valence-electron chi connectivity index (χ1n) is 8.63. The molecule has 0 radical (unpaired) electrons. The van der Waals surface area contributed by atoms with Crippen LogP contribution in [0.15, 0.2) is 47.8 Å². The van der Waals surface area contributed by atoms with Crippen molar-refractivity contribution in [2.45, 2.75) is 18.9 Å². The van der Waals surface area contributed by atoms with Crippen LogP contribution in [0.5, 0.6) is 0 Å². The van der Waals surface area contributed by atoms with E-state index in [4.69, 9.17) is 23.2 Å². The van der Waals surface area contributed by atoms with Crippen LogP contribution in [0.3, 0.4) is 0 Å². The Morgan fingerprint density at radius 3 is 2.61 bits per heavy atom. The van der Waals surface area contributed by atoms with Crippen molar-refractivity contribution in [3.05, 3.63) is 69.1 Å². The van der Waals surface area contributed by atoms with Crippen LogP contribution in [0.25, 0.3) is 10.6 Å². The van der Waals surface area contributed by atoms with Gasteiger partial charge in [-0.3, -0.25) is 9.59 Å². The van der Waals surface area contributed by atoms with Crippen LogP contribution in [0, 0.1) is 0 Å². The van der Waals surface area contributed by atoms with Gasteiger partial charge in [0, 0.05) is 27.7 Å². The van der Waals surface area contributed by atoms with Crippen molar-refractivity contribution < 1.29 is 9.59 Å². The Morgan fingerprint density at radius 2 is 1.89 bits per heavy atom. The Balaban J connectivity index is 1.46. The van der Waals surface area contributed by atoms with Gasteiger partial charge in [-0.05, 0) is 43.2 Å². The molecule has 0 bridgehead atoms. The summed E-state index contributed by atoms with van der Waals surface area (Å²) in [7, 11) is 0. The summed E-state index contributed by atoms with van der Waals surface area (Å²) in [4.78, 5) is 29.0. The van der Waals surface area contributed by atoms with Gasteiger partial charge < -0.3 is 10.6 Å². The molecule has 142 valence electrons. The van der Waals surface area contributed by atoms with Gasteiger partial charge in [-0.2, -0.15) is 0 Å². The minimum absolute atomic E-state index is 0.198. The number of thiazole rings is 1. The number of hydrogen-bond acceptors (Lipinski definition) is 4. The topological polar surface area (TPSA) is 71.1 Å². The number of amides is 2. The summed E-state index contributed by atoms with van der Waals surface area (Å²) in [5, 5.41) is 8.94. The predicted octanol–water partition coefficient (Wildman–Crippen LogP) is 5.26. The molecule has 4 rings (SSSR count). The highest BCUT2D eigenvalue weighted by molar-refractivity contribution is 7.13. The Hall–Kier alpha value is -2.41. The maximum atomic E-state index is 12.5. The summed E-state index contributed by atoms with van der Waals surface area (Å²) in [6.07, 6.45) is 2.00. The molecular formula is C20H15Cl2N3O2S. The minimum atomic E-state index is -0.351. The molecule has 0 unspecified atom stereocenters. The first kappa shape index (κ1) is 18.9. The van der Waals surface area contributed by atoms with Crippen LogP contribution in [0.1, 0.15) is 33.7 Å². The molecule has 1 saturated carbocycles. The van der Waals surface area contributed by atoms with Gasteiger partial charge in [0.1, 0.15) is 10.7 Å². The number of nitrogens with one attached hydrogen (secondary N) is 2. The highest BCUT2D eigenvalue weighted by Gasteiger charge is 2.24. The lowest BCUT2D eigenvalue weighted by atomic mass is 10.2. The lowest BCUT2D eigenvalue weighted by molar-refractivity contribution is 0.0950.